The molecule has 0 saturated heterocycles. The van der Waals surface area contributed by atoms with E-state index in [1.165, 1.54) is 17.8 Å². The highest BCUT2D eigenvalue weighted by Crippen LogP contribution is 2.44. The van der Waals surface area contributed by atoms with Gasteiger partial charge in [0.15, 0.2) is 5.78 Å². The lowest BCUT2D eigenvalue weighted by atomic mass is 10.0. The molecule has 0 bridgehead atoms. The van der Waals surface area contributed by atoms with Crippen LogP contribution in [0.5, 0.6) is 5.75 Å². The number of benzene rings is 1. The molecule has 0 fully saturated rings. The topological polar surface area (TPSA) is 61.1 Å². The fourth-order valence-electron chi connectivity index (χ4n) is 1.66. The molecule has 1 N–H and O–H groups in total. The maximum absolute atomic E-state index is 11.8. The lowest BCUT2D eigenvalue weighted by Crippen LogP contribution is -2.17. The van der Waals surface area contributed by atoms with E-state index in [2.05, 4.69) is 0 Å². The third-order valence-corrected chi connectivity index (χ3v) is 4.14. The molecular weight excluding hydrogens is 246 g/mol. The summed E-state index contributed by atoms with van der Waals surface area (Å²) in [5, 5.41) is 18.6. The second-order valence-electron chi connectivity index (χ2n) is 3.50. The van der Waals surface area contributed by atoms with Crippen LogP contribution < -0.4 is 0 Å². The lowest BCUT2D eigenvalue weighted by Gasteiger charge is -2.22. The van der Waals surface area contributed by atoms with Crippen molar-refractivity contribution in [2.24, 2.45) is 0 Å². The minimum Gasteiger partial charge on any atom is -0.507 e. The van der Waals surface area contributed by atoms with Gasteiger partial charge in [-0.05, 0) is 12.1 Å². The predicted octanol–water partition coefficient (Wildman–Crippen LogP) is 3.01. The summed E-state index contributed by atoms with van der Waals surface area (Å²) < 4.78 is 0. The van der Waals surface area contributed by atoms with E-state index < -0.39 is 0 Å². The summed E-state index contributed by atoms with van der Waals surface area (Å²) >= 11 is 7.37. The van der Waals surface area contributed by atoms with Crippen molar-refractivity contribution in [3.05, 3.63) is 22.7 Å². The summed E-state index contributed by atoms with van der Waals surface area (Å²) in [5.74, 6) is -0.179. The summed E-state index contributed by atoms with van der Waals surface area (Å²) in [7, 11) is 0. The number of ketones is 1. The van der Waals surface area contributed by atoms with Crippen LogP contribution in [0.15, 0.2) is 17.0 Å². The Labute approximate surface area is 102 Å². The monoisotopic (exact) mass is 253 g/mol. The van der Waals surface area contributed by atoms with Gasteiger partial charge in [0.25, 0.3) is 0 Å². The highest BCUT2D eigenvalue weighted by molar-refractivity contribution is 8.00. The first-order chi connectivity index (χ1) is 7.63. The molecule has 1 aromatic rings. The fraction of sp³-hybridized carbons (Fsp3) is 0.273. The van der Waals surface area contributed by atoms with Gasteiger partial charge in [-0.1, -0.05) is 11.6 Å². The molecule has 1 aliphatic rings. The van der Waals surface area contributed by atoms with Crippen LogP contribution in [0.25, 0.3) is 0 Å². The zero-order valence-electron chi connectivity index (χ0n) is 8.24. The van der Waals surface area contributed by atoms with E-state index in [0.717, 1.165) is 0 Å². The summed E-state index contributed by atoms with van der Waals surface area (Å²) in [5.41, 5.74) is 0.298. The van der Waals surface area contributed by atoms with Crippen LogP contribution in [-0.4, -0.2) is 16.1 Å². The standard InChI is InChI=1S/C11H8ClNO2S/c12-7-1-2-8(14)10-9(15)5-6(3-4-13)16-11(7)10/h1-2,6,14H,3,5H2. The molecule has 0 amide bonds. The van der Waals surface area contributed by atoms with Gasteiger partial charge in [0.2, 0.25) is 0 Å². The number of phenols is 1. The molecule has 1 atom stereocenters. The Hall–Kier alpha value is -1.18. The van der Waals surface area contributed by atoms with Crippen LogP contribution in [0.3, 0.4) is 0 Å². The van der Waals surface area contributed by atoms with Gasteiger partial charge in [-0.15, -0.1) is 11.8 Å². The number of aromatic hydroxyl groups is 1. The Balaban J connectivity index is 2.46. The molecule has 82 valence electrons. The predicted molar refractivity (Wildman–Crippen MR) is 61.9 cm³/mol. The molecule has 3 nitrogen and oxygen atoms in total. The number of hydrogen-bond donors (Lipinski definition) is 1. The summed E-state index contributed by atoms with van der Waals surface area (Å²) in [6.07, 6.45) is 0.584. The van der Waals surface area contributed by atoms with E-state index in [9.17, 15) is 9.90 Å². The van der Waals surface area contributed by atoms with Crippen molar-refractivity contribution in [3.8, 4) is 11.8 Å². The smallest absolute Gasteiger partial charge is 0.168 e. The SMILES string of the molecule is N#CCC1CC(=O)c2c(O)ccc(Cl)c2S1. The number of phenolic OH excluding ortho intramolecular Hbond substituents is 1. The molecule has 0 aliphatic carbocycles. The first-order valence-corrected chi connectivity index (χ1v) is 5.97. The Kier molecular flexibility index (Phi) is 3.08. The van der Waals surface area contributed by atoms with Gasteiger partial charge in [-0.3, -0.25) is 4.79 Å². The second-order valence-corrected chi connectivity index (χ2v) is 5.22. The van der Waals surface area contributed by atoms with E-state index in [0.29, 0.717) is 21.9 Å². The zero-order valence-corrected chi connectivity index (χ0v) is 9.81. The van der Waals surface area contributed by atoms with Gasteiger partial charge in [-0.2, -0.15) is 5.26 Å². The van der Waals surface area contributed by atoms with Crippen LogP contribution in [0.2, 0.25) is 5.02 Å². The van der Waals surface area contributed by atoms with E-state index in [-0.39, 0.29) is 23.2 Å². The van der Waals surface area contributed by atoms with E-state index >= 15 is 0 Å². The largest absolute Gasteiger partial charge is 0.507 e. The van der Waals surface area contributed by atoms with Gasteiger partial charge >= 0.3 is 0 Å². The number of carbonyl (C=O) groups excluding carboxylic acids is 1. The second kappa shape index (κ2) is 4.36. The molecule has 0 saturated carbocycles. The number of Topliss-reactive ketones (excluding diaryl/α,β-unsaturated/α-hetero) is 1. The molecule has 1 unspecified atom stereocenters. The highest BCUT2D eigenvalue weighted by Gasteiger charge is 2.29. The number of fused-ring (bicyclic) bond motifs is 1. The summed E-state index contributed by atoms with van der Waals surface area (Å²) in [4.78, 5) is 12.4. The molecule has 0 radical (unpaired) electrons. The van der Waals surface area contributed by atoms with Crippen LogP contribution in [0, 0.1) is 11.3 Å². The van der Waals surface area contributed by atoms with Crippen LogP contribution in [0.1, 0.15) is 23.2 Å². The number of nitrogens with zero attached hydrogens (tertiary/aromatic N) is 1. The van der Waals surface area contributed by atoms with Crippen LogP contribution >= 0.6 is 23.4 Å². The normalized spacial score (nSPS) is 19.0. The van der Waals surface area contributed by atoms with Crippen molar-refractivity contribution in [2.75, 3.05) is 0 Å². The first kappa shape index (κ1) is 11.3. The average Bonchev–Trinajstić information content (AvgIpc) is 2.23. The van der Waals surface area contributed by atoms with Gasteiger partial charge in [0, 0.05) is 23.0 Å². The quantitative estimate of drug-likeness (QED) is 0.836. The summed E-state index contributed by atoms with van der Waals surface area (Å²) in [6.45, 7) is 0. The van der Waals surface area contributed by atoms with Crippen LogP contribution in [0.4, 0.5) is 0 Å². The molecular formula is C11H8ClNO2S. The fourth-order valence-corrected chi connectivity index (χ4v) is 3.20. The molecule has 0 aromatic heterocycles. The van der Waals surface area contributed by atoms with Crippen LogP contribution in [-0.2, 0) is 0 Å². The van der Waals surface area contributed by atoms with Crippen molar-refractivity contribution in [2.45, 2.75) is 23.0 Å². The molecule has 2 rings (SSSR count). The minimum atomic E-state index is -0.144. The lowest BCUT2D eigenvalue weighted by molar-refractivity contribution is 0.0974. The molecule has 1 aliphatic heterocycles. The van der Waals surface area contributed by atoms with Crippen molar-refractivity contribution >= 4 is 29.1 Å². The number of rotatable bonds is 1. The third-order valence-electron chi connectivity index (χ3n) is 2.38. The number of nitriles is 1. The zero-order chi connectivity index (χ0) is 11.7. The van der Waals surface area contributed by atoms with Crippen molar-refractivity contribution < 1.29 is 9.90 Å². The maximum atomic E-state index is 11.8. The van der Waals surface area contributed by atoms with E-state index in [1.54, 1.807) is 6.07 Å². The molecule has 1 heterocycles. The van der Waals surface area contributed by atoms with Gasteiger partial charge in [0.05, 0.1) is 16.7 Å². The Morgan fingerprint density at radius 3 is 3.06 bits per heavy atom. The first-order valence-electron chi connectivity index (χ1n) is 4.71. The highest BCUT2D eigenvalue weighted by atomic mass is 35.5. The number of carbonyl (C=O) groups is 1. The minimum absolute atomic E-state index is 0.0349. The van der Waals surface area contributed by atoms with Gasteiger partial charge in [0.1, 0.15) is 5.75 Å². The average molecular weight is 254 g/mol. The summed E-state index contributed by atoms with van der Waals surface area (Å²) in [6, 6.07) is 5.03. The number of thioether (sulfide) groups is 1. The third kappa shape index (κ3) is 1.89. The Bertz CT molecular complexity index is 495. The van der Waals surface area contributed by atoms with Gasteiger partial charge < -0.3 is 5.11 Å². The molecule has 1 aromatic carbocycles. The van der Waals surface area contributed by atoms with Crippen molar-refractivity contribution in [1.82, 2.24) is 0 Å². The maximum Gasteiger partial charge on any atom is 0.168 e. The Morgan fingerprint density at radius 2 is 2.38 bits per heavy atom. The van der Waals surface area contributed by atoms with Gasteiger partial charge in [-0.25, -0.2) is 0 Å². The molecule has 16 heavy (non-hydrogen) atoms. The molecule has 5 heteroatoms. The van der Waals surface area contributed by atoms with E-state index in [4.69, 9.17) is 16.9 Å². The molecule has 0 spiro atoms. The number of hydrogen-bond acceptors (Lipinski definition) is 4. The van der Waals surface area contributed by atoms with Crippen molar-refractivity contribution in [3.63, 3.8) is 0 Å². The van der Waals surface area contributed by atoms with Crippen molar-refractivity contribution in [1.29, 1.82) is 5.26 Å². The Morgan fingerprint density at radius 1 is 1.62 bits per heavy atom. The van der Waals surface area contributed by atoms with E-state index in [1.807, 2.05) is 6.07 Å². The number of halogens is 1.